The first kappa shape index (κ1) is 20.5. The van der Waals surface area contributed by atoms with Crippen molar-refractivity contribution in [2.24, 2.45) is 0 Å². The third kappa shape index (κ3) is 5.22. The summed E-state index contributed by atoms with van der Waals surface area (Å²) < 4.78 is 11.7. The first-order chi connectivity index (χ1) is 11.6. The van der Waals surface area contributed by atoms with E-state index in [0.29, 0.717) is 24.7 Å². The molecule has 4 nitrogen and oxygen atoms in total. The molecule has 0 heterocycles. The summed E-state index contributed by atoms with van der Waals surface area (Å²) in [5, 5.41) is 21.0. The second kappa shape index (κ2) is 11.1. The fourth-order valence-corrected chi connectivity index (χ4v) is 2.71. The summed E-state index contributed by atoms with van der Waals surface area (Å²) in [6.07, 6.45) is 7.35. The first-order valence-electron chi connectivity index (χ1n) is 9.47. The van der Waals surface area contributed by atoms with Crippen LogP contribution in [0.2, 0.25) is 0 Å². The second-order valence-corrected chi connectivity index (χ2v) is 6.22. The smallest absolute Gasteiger partial charge is 0.207 e. The van der Waals surface area contributed by atoms with Crippen LogP contribution in [0.25, 0.3) is 0 Å². The van der Waals surface area contributed by atoms with Crippen LogP contribution < -0.4 is 9.47 Å². The Bertz CT molecular complexity index is 452. The minimum absolute atomic E-state index is 0.0375. The van der Waals surface area contributed by atoms with E-state index in [1.54, 1.807) is 0 Å². The van der Waals surface area contributed by atoms with E-state index < -0.39 is 0 Å². The maximum Gasteiger partial charge on any atom is 0.207 e. The zero-order valence-corrected chi connectivity index (χ0v) is 15.8. The van der Waals surface area contributed by atoms with Crippen LogP contribution in [0.3, 0.4) is 0 Å². The van der Waals surface area contributed by atoms with E-state index in [0.717, 1.165) is 62.5 Å². The van der Waals surface area contributed by atoms with Crippen molar-refractivity contribution in [2.75, 3.05) is 13.2 Å². The highest BCUT2D eigenvalue weighted by molar-refractivity contribution is 5.66. The highest BCUT2D eigenvalue weighted by Crippen LogP contribution is 2.49. The van der Waals surface area contributed by atoms with Crippen molar-refractivity contribution in [1.82, 2.24) is 0 Å². The van der Waals surface area contributed by atoms with Crippen LogP contribution in [0.1, 0.15) is 77.3 Å². The molecule has 138 valence electrons. The molecule has 0 bridgehead atoms. The maximum absolute atomic E-state index is 10.5. The number of benzene rings is 1. The Balaban J connectivity index is 3.43. The fraction of sp³-hybridized carbons (Fsp3) is 0.700. The number of hydrogen-bond donors (Lipinski definition) is 2. The van der Waals surface area contributed by atoms with Gasteiger partial charge in [-0.25, -0.2) is 0 Å². The highest BCUT2D eigenvalue weighted by atomic mass is 16.5. The van der Waals surface area contributed by atoms with Gasteiger partial charge < -0.3 is 19.7 Å². The van der Waals surface area contributed by atoms with E-state index in [4.69, 9.17) is 9.47 Å². The third-order valence-electron chi connectivity index (χ3n) is 4.03. The summed E-state index contributed by atoms with van der Waals surface area (Å²) in [4.78, 5) is 0. The average Bonchev–Trinajstić information content (AvgIpc) is 2.59. The number of unbranched alkanes of at least 4 members (excludes halogenated alkanes) is 2. The lowest BCUT2D eigenvalue weighted by Crippen LogP contribution is -2.08. The van der Waals surface area contributed by atoms with E-state index in [1.165, 1.54) is 0 Å². The fourth-order valence-electron chi connectivity index (χ4n) is 2.71. The zero-order valence-electron chi connectivity index (χ0n) is 15.8. The minimum Gasteiger partial charge on any atom is -0.504 e. The normalized spacial score (nSPS) is 10.8. The molecular weight excluding hydrogens is 304 g/mol. The Kier molecular flexibility index (Phi) is 9.43. The van der Waals surface area contributed by atoms with Crippen molar-refractivity contribution in [3.05, 3.63) is 11.1 Å². The van der Waals surface area contributed by atoms with Crippen molar-refractivity contribution in [3.63, 3.8) is 0 Å². The molecule has 24 heavy (non-hydrogen) atoms. The molecule has 0 aliphatic rings. The van der Waals surface area contributed by atoms with Crippen molar-refractivity contribution >= 4 is 0 Å². The molecule has 0 amide bonds. The number of aromatic hydroxyl groups is 2. The van der Waals surface area contributed by atoms with Crippen molar-refractivity contribution in [3.8, 4) is 23.0 Å². The van der Waals surface area contributed by atoms with E-state index in [2.05, 4.69) is 20.8 Å². The molecule has 0 radical (unpaired) electrons. The summed E-state index contributed by atoms with van der Waals surface area (Å²) >= 11 is 0. The summed E-state index contributed by atoms with van der Waals surface area (Å²) in [7, 11) is 0. The molecule has 4 heteroatoms. The van der Waals surface area contributed by atoms with Gasteiger partial charge in [-0.15, -0.1) is 0 Å². The van der Waals surface area contributed by atoms with Crippen LogP contribution in [0, 0.1) is 0 Å². The zero-order chi connectivity index (χ0) is 17.9. The molecule has 0 atom stereocenters. The van der Waals surface area contributed by atoms with Gasteiger partial charge in [-0.2, -0.15) is 0 Å². The predicted molar refractivity (Wildman–Crippen MR) is 98.6 cm³/mol. The Morgan fingerprint density at radius 3 is 1.62 bits per heavy atom. The van der Waals surface area contributed by atoms with Crippen LogP contribution in [0.5, 0.6) is 23.0 Å². The summed E-state index contributed by atoms with van der Waals surface area (Å²) in [6, 6.07) is 0. The van der Waals surface area contributed by atoms with Gasteiger partial charge in [0.2, 0.25) is 11.5 Å². The van der Waals surface area contributed by atoms with Crippen LogP contribution in [-0.2, 0) is 12.8 Å². The van der Waals surface area contributed by atoms with E-state index in [1.807, 2.05) is 6.92 Å². The van der Waals surface area contributed by atoms with Gasteiger partial charge in [0, 0.05) is 11.1 Å². The van der Waals surface area contributed by atoms with E-state index in [-0.39, 0.29) is 11.5 Å². The SMILES string of the molecule is CCCCc1c(O)c(O)c(OCCC)c(OCCC)c1CCCC. The van der Waals surface area contributed by atoms with Crippen molar-refractivity contribution in [1.29, 1.82) is 0 Å². The Hall–Kier alpha value is -1.58. The van der Waals surface area contributed by atoms with Gasteiger partial charge in [-0.05, 0) is 38.5 Å². The van der Waals surface area contributed by atoms with Crippen LogP contribution >= 0.6 is 0 Å². The van der Waals surface area contributed by atoms with Crippen molar-refractivity contribution in [2.45, 2.75) is 79.1 Å². The van der Waals surface area contributed by atoms with E-state index in [9.17, 15) is 10.2 Å². The van der Waals surface area contributed by atoms with Gasteiger partial charge in [0.05, 0.1) is 13.2 Å². The number of ether oxygens (including phenoxy) is 2. The lowest BCUT2D eigenvalue weighted by Gasteiger charge is -2.22. The molecule has 1 aromatic rings. The first-order valence-corrected chi connectivity index (χ1v) is 9.47. The number of phenols is 2. The summed E-state index contributed by atoms with van der Waals surface area (Å²) in [5.41, 5.74) is 1.82. The molecule has 2 N–H and O–H groups in total. The molecule has 0 fully saturated rings. The number of rotatable bonds is 12. The molecule has 0 aromatic heterocycles. The third-order valence-corrected chi connectivity index (χ3v) is 4.03. The van der Waals surface area contributed by atoms with Gasteiger partial charge in [0.25, 0.3) is 0 Å². The van der Waals surface area contributed by atoms with Gasteiger partial charge in [-0.3, -0.25) is 0 Å². The number of phenolic OH excluding ortho intramolecular Hbond substituents is 2. The van der Waals surface area contributed by atoms with Gasteiger partial charge in [-0.1, -0.05) is 40.5 Å². The maximum atomic E-state index is 10.5. The molecule has 0 aliphatic heterocycles. The van der Waals surface area contributed by atoms with E-state index >= 15 is 0 Å². The Morgan fingerprint density at radius 1 is 0.625 bits per heavy atom. The van der Waals surface area contributed by atoms with Crippen LogP contribution in [0.4, 0.5) is 0 Å². The lowest BCUT2D eigenvalue weighted by molar-refractivity contribution is 0.250. The standard InChI is InChI=1S/C20H34O4/c1-5-9-11-15-16(12-10-6-2)19(23-13-7-3)20(24-14-8-4)18(22)17(15)21/h21-22H,5-14H2,1-4H3. The molecule has 0 aliphatic carbocycles. The minimum atomic E-state index is -0.180. The van der Waals surface area contributed by atoms with Crippen molar-refractivity contribution < 1.29 is 19.7 Å². The molecule has 1 aromatic carbocycles. The van der Waals surface area contributed by atoms with Crippen LogP contribution in [0.15, 0.2) is 0 Å². The predicted octanol–water partition coefficient (Wildman–Crippen LogP) is 5.36. The molecule has 0 saturated heterocycles. The topological polar surface area (TPSA) is 58.9 Å². The summed E-state index contributed by atoms with van der Waals surface area (Å²) in [6.45, 7) is 9.38. The molecule has 0 unspecified atom stereocenters. The van der Waals surface area contributed by atoms with Gasteiger partial charge in [0.1, 0.15) is 0 Å². The molecular formula is C20H34O4. The Labute approximate surface area is 146 Å². The van der Waals surface area contributed by atoms with Gasteiger partial charge in [0.15, 0.2) is 11.5 Å². The van der Waals surface area contributed by atoms with Crippen LogP contribution in [-0.4, -0.2) is 23.4 Å². The highest BCUT2D eigenvalue weighted by Gasteiger charge is 2.25. The van der Waals surface area contributed by atoms with Gasteiger partial charge >= 0.3 is 0 Å². The quantitative estimate of drug-likeness (QED) is 0.504. The Morgan fingerprint density at radius 2 is 1.12 bits per heavy atom. The second-order valence-electron chi connectivity index (χ2n) is 6.22. The number of hydrogen-bond acceptors (Lipinski definition) is 4. The molecule has 1 rings (SSSR count). The lowest BCUT2D eigenvalue weighted by atomic mass is 9.94. The average molecular weight is 338 g/mol. The summed E-state index contributed by atoms with van der Waals surface area (Å²) in [5.74, 6) is 0.708. The largest absolute Gasteiger partial charge is 0.504 e. The molecule has 0 saturated carbocycles. The monoisotopic (exact) mass is 338 g/mol. The molecule has 0 spiro atoms.